The van der Waals surface area contributed by atoms with E-state index in [9.17, 15) is 4.79 Å². The number of rotatable bonds is 3. The van der Waals surface area contributed by atoms with Crippen LogP contribution in [0, 0.1) is 24.2 Å². The SMILES string of the molecule is CC(=O)Nc1[nH]c(CC(C)C)c(C)c1C#N. The fourth-order valence-corrected chi connectivity index (χ4v) is 1.67. The number of H-pyrrole nitrogens is 1. The highest BCUT2D eigenvalue weighted by molar-refractivity contribution is 5.89. The third-order valence-electron chi connectivity index (χ3n) is 2.38. The molecule has 0 spiro atoms. The quantitative estimate of drug-likeness (QED) is 0.819. The second-order valence-electron chi connectivity index (χ2n) is 4.37. The van der Waals surface area contributed by atoms with Crippen LogP contribution in [0.25, 0.3) is 0 Å². The van der Waals surface area contributed by atoms with Gasteiger partial charge in [-0.15, -0.1) is 0 Å². The Morgan fingerprint density at radius 1 is 1.56 bits per heavy atom. The molecule has 16 heavy (non-hydrogen) atoms. The summed E-state index contributed by atoms with van der Waals surface area (Å²) < 4.78 is 0. The van der Waals surface area contributed by atoms with Gasteiger partial charge < -0.3 is 10.3 Å². The Hall–Kier alpha value is -1.76. The van der Waals surface area contributed by atoms with E-state index in [1.54, 1.807) is 0 Å². The summed E-state index contributed by atoms with van der Waals surface area (Å²) in [4.78, 5) is 14.1. The van der Waals surface area contributed by atoms with Crippen molar-refractivity contribution in [3.05, 3.63) is 16.8 Å². The van der Waals surface area contributed by atoms with Crippen LogP contribution in [-0.4, -0.2) is 10.9 Å². The number of carbonyl (C=O) groups is 1. The molecule has 0 unspecified atom stereocenters. The topological polar surface area (TPSA) is 68.7 Å². The van der Waals surface area contributed by atoms with Crippen molar-refractivity contribution in [3.63, 3.8) is 0 Å². The van der Waals surface area contributed by atoms with Gasteiger partial charge in [0.05, 0.1) is 5.56 Å². The summed E-state index contributed by atoms with van der Waals surface area (Å²) in [5, 5.41) is 11.7. The minimum absolute atomic E-state index is 0.172. The number of amides is 1. The number of hydrogen-bond donors (Lipinski definition) is 2. The molecule has 0 aliphatic carbocycles. The molecule has 0 radical (unpaired) electrons. The fraction of sp³-hybridized carbons (Fsp3) is 0.500. The van der Waals surface area contributed by atoms with E-state index in [2.05, 4.69) is 30.2 Å². The zero-order valence-electron chi connectivity index (χ0n) is 10.1. The summed E-state index contributed by atoms with van der Waals surface area (Å²) in [6.45, 7) is 7.56. The van der Waals surface area contributed by atoms with Crippen LogP contribution in [0.5, 0.6) is 0 Å². The molecule has 0 bridgehead atoms. The molecule has 1 aromatic heterocycles. The van der Waals surface area contributed by atoms with Crippen LogP contribution >= 0.6 is 0 Å². The molecule has 1 aromatic rings. The normalized spacial score (nSPS) is 10.2. The molecule has 4 nitrogen and oxygen atoms in total. The minimum Gasteiger partial charge on any atom is -0.344 e. The van der Waals surface area contributed by atoms with E-state index in [-0.39, 0.29) is 5.91 Å². The van der Waals surface area contributed by atoms with Crippen LogP contribution in [0.3, 0.4) is 0 Å². The third-order valence-corrected chi connectivity index (χ3v) is 2.38. The first-order valence-electron chi connectivity index (χ1n) is 5.34. The van der Waals surface area contributed by atoms with E-state index in [1.807, 2.05) is 6.92 Å². The number of nitrogens with zero attached hydrogens (tertiary/aromatic N) is 1. The molecule has 1 heterocycles. The third kappa shape index (κ3) is 2.63. The predicted molar refractivity (Wildman–Crippen MR) is 63.1 cm³/mol. The van der Waals surface area contributed by atoms with Crippen molar-refractivity contribution in [2.45, 2.75) is 34.1 Å². The summed E-state index contributed by atoms with van der Waals surface area (Å²) in [5.41, 5.74) is 2.49. The van der Waals surface area contributed by atoms with Crippen LogP contribution < -0.4 is 5.32 Å². The van der Waals surface area contributed by atoms with Crippen LogP contribution in [0.15, 0.2) is 0 Å². The average Bonchev–Trinajstić information content (AvgIpc) is 2.41. The minimum atomic E-state index is -0.172. The molecule has 1 amide bonds. The molecule has 1 rings (SSSR count). The summed E-state index contributed by atoms with van der Waals surface area (Å²) in [5.74, 6) is 0.853. The van der Waals surface area contributed by atoms with Crippen molar-refractivity contribution in [3.8, 4) is 6.07 Å². The van der Waals surface area contributed by atoms with Gasteiger partial charge in [0.2, 0.25) is 5.91 Å². The van der Waals surface area contributed by atoms with Crippen molar-refractivity contribution in [2.75, 3.05) is 5.32 Å². The highest BCUT2D eigenvalue weighted by Crippen LogP contribution is 2.23. The lowest BCUT2D eigenvalue weighted by atomic mass is 10.0. The number of nitrogens with one attached hydrogen (secondary N) is 2. The van der Waals surface area contributed by atoms with E-state index in [0.29, 0.717) is 17.3 Å². The molecule has 0 atom stereocenters. The molecular formula is C12H17N3O. The monoisotopic (exact) mass is 219 g/mol. The molecule has 0 saturated heterocycles. The van der Waals surface area contributed by atoms with Gasteiger partial charge in [0.25, 0.3) is 0 Å². The second-order valence-corrected chi connectivity index (χ2v) is 4.37. The molecule has 86 valence electrons. The van der Waals surface area contributed by atoms with Crippen LogP contribution in [0.2, 0.25) is 0 Å². The van der Waals surface area contributed by atoms with E-state index in [1.165, 1.54) is 6.92 Å². The molecule has 4 heteroatoms. The zero-order chi connectivity index (χ0) is 12.3. The Balaban J connectivity index is 3.10. The number of carbonyl (C=O) groups excluding carboxylic acids is 1. The molecule has 0 saturated carbocycles. The van der Waals surface area contributed by atoms with E-state index < -0.39 is 0 Å². The molecule has 0 aliphatic heterocycles. The van der Waals surface area contributed by atoms with E-state index in [0.717, 1.165) is 17.7 Å². The fourth-order valence-electron chi connectivity index (χ4n) is 1.67. The maximum atomic E-state index is 11.0. The lowest BCUT2D eigenvalue weighted by Gasteiger charge is -2.03. The zero-order valence-corrected chi connectivity index (χ0v) is 10.1. The van der Waals surface area contributed by atoms with Crippen LogP contribution in [0.1, 0.15) is 37.6 Å². The second kappa shape index (κ2) is 4.84. The van der Waals surface area contributed by atoms with Gasteiger partial charge >= 0.3 is 0 Å². The number of anilines is 1. The first-order valence-corrected chi connectivity index (χ1v) is 5.34. The van der Waals surface area contributed by atoms with Crippen LogP contribution in [0.4, 0.5) is 5.82 Å². The highest BCUT2D eigenvalue weighted by Gasteiger charge is 2.15. The average molecular weight is 219 g/mol. The van der Waals surface area contributed by atoms with Gasteiger partial charge in [0.15, 0.2) is 0 Å². The Labute approximate surface area is 95.7 Å². The molecule has 0 aromatic carbocycles. The maximum absolute atomic E-state index is 11.0. The van der Waals surface area contributed by atoms with Gasteiger partial charge in [0, 0.05) is 12.6 Å². The maximum Gasteiger partial charge on any atom is 0.222 e. The number of nitriles is 1. The summed E-state index contributed by atoms with van der Waals surface area (Å²) in [7, 11) is 0. The van der Waals surface area contributed by atoms with Crippen molar-refractivity contribution in [2.24, 2.45) is 5.92 Å². The first-order chi connectivity index (χ1) is 7.45. The van der Waals surface area contributed by atoms with Crippen molar-refractivity contribution in [1.29, 1.82) is 5.26 Å². The number of aromatic amines is 1. The van der Waals surface area contributed by atoms with Gasteiger partial charge in [-0.3, -0.25) is 4.79 Å². The van der Waals surface area contributed by atoms with E-state index >= 15 is 0 Å². The van der Waals surface area contributed by atoms with Gasteiger partial charge in [-0.1, -0.05) is 13.8 Å². The Kier molecular flexibility index (Phi) is 3.73. The lowest BCUT2D eigenvalue weighted by molar-refractivity contribution is -0.114. The lowest BCUT2D eigenvalue weighted by Crippen LogP contribution is -2.07. The standard InChI is InChI=1S/C12H17N3O/c1-7(2)5-11-8(3)10(6-13)12(15-11)14-9(4)16/h7,15H,5H2,1-4H3,(H,14,16). The summed E-state index contributed by atoms with van der Waals surface area (Å²) in [6.07, 6.45) is 0.875. The predicted octanol–water partition coefficient (Wildman–Crippen LogP) is 2.35. The highest BCUT2D eigenvalue weighted by atomic mass is 16.1. The van der Waals surface area contributed by atoms with Gasteiger partial charge in [-0.25, -0.2) is 0 Å². The number of hydrogen-bond acceptors (Lipinski definition) is 2. The molecular weight excluding hydrogens is 202 g/mol. The smallest absolute Gasteiger partial charge is 0.222 e. The van der Waals surface area contributed by atoms with Gasteiger partial charge in [-0.2, -0.15) is 5.26 Å². The Bertz CT molecular complexity index is 438. The summed E-state index contributed by atoms with van der Waals surface area (Å²) >= 11 is 0. The Morgan fingerprint density at radius 3 is 2.62 bits per heavy atom. The molecule has 0 aliphatic rings. The first kappa shape index (κ1) is 12.3. The number of aromatic nitrogens is 1. The largest absolute Gasteiger partial charge is 0.344 e. The van der Waals surface area contributed by atoms with Crippen molar-refractivity contribution in [1.82, 2.24) is 4.98 Å². The van der Waals surface area contributed by atoms with Gasteiger partial charge in [-0.05, 0) is 24.8 Å². The molecule has 2 N–H and O–H groups in total. The van der Waals surface area contributed by atoms with E-state index in [4.69, 9.17) is 5.26 Å². The summed E-state index contributed by atoms with van der Waals surface area (Å²) in [6, 6.07) is 2.12. The van der Waals surface area contributed by atoms with Gasteiger partial charge in [0.1, 0.15) is 11.9 Å². The Morgan fingerprint density at radius 2 is 2.19 bits per heavy atom. The van der Waals surface area contributed by atoms with Crippen molar-refractivity contribution < 1.29 is 4.79 Å². The van der Waals surface area contributed by atoms with Crippen molar-refractivity contribution >= 4 is 11.7 Å². The molecule has 0 fully saturated rings. The van der Waals surface area contributed by atoms with Crippen LogP contribution in [-0.2, 0) is 11.2 Å².